The number of fused-ring (bicyclic) bond motifs is 1. The smallest absolute Gasteiger partial charge is 0.338 e. The number of benzene rings is 2. The Kier molecular flexibility index (Phi) is 5.35. The third-order valence-corrected chi connectivity index (χ3v) is 5.36. The van der Waals surface area contributed by atoms with Crippen molar-refractivity contribution in [1.29, 1.82) is 0 Å². The van der Waals surface area contributed by atoms with Crippen LogP contribution >= 0.6 is 0 Å². The Morgan fingerprint density at radius 1 is 1.17 bits per heavy atom. The van der Waals surface area contributed by atoms with Crippen LogP contribution in [0.15, 0.2) is 53.3 Å². The molecule has 1 amide bonds. The molecule has 1 aliphatic rings. The molecule has 1 fully saturated rings. The van der Waals surface area contributed by atoms with Crippen molar-refractivity contribution >= 4 is 22.8 Å². The summed E-state index contributed by atoms with van der Waals surface area (Å²) in [6, 6.07) is 13.8. The van der Waals surface area contributed by atoms with Gasteiger partial charge in [0.1, 0.15) is 5.82 Å². The average molecular weight is 405 g/mol. The van der Waals surface area contributed by atoms with E-state index in [1.807, 2.05) is 13.0 Å². The monoisotopic (exact) mass is 405 g/mol. The minimum absolute atomic E-state index is 0.104. The van der Waals surface area contributed by atoms with E-state index >= 15 is 0 Å². The van der Waals surface area contributed by atoms with Gasteiger partial charge in [0.25, 0.3) is 11.5 Å². The van der Waals surface area contributed by atoms with E-state index in [0.717, 1.165) is 12.8 Å². The number of rotatable bonds is 6. The van der Waals surface area contributed by atoms with Crippen LogP contribution in [0.1, 0.15) is 35.9 Å². The van der Waals surface area contributed by atoms with Crippen LogP contribution < -0.4 is 10.9 Å². The van der Waals surface area contributed by atoms with Gasteiger partial charge in [0.15, 0.2) is 6.61 Å². The van der Waals surface area contributed by atoms with Crippen molar-refractivity contribution in [3.8, 4) is 5.69 Å². The summed E-state index contributed by atoms with van der Waals surface area (Å²) in [7, 11) is 0. The van der Waals surface area contributed by atoms with E-state index in [1.54, 1.807) is 49.4 Å². The molecule has 0 unspecified atom stereocenters. The van der Waals surface area contributed by atoms with Crippen LogP contribution in [0.25, 0.3) is 16.6 Å². The maximum atomic E-state index is 12.9. The van der Waals surface area contributed by atoms with E-state index < -0.39 is 5.97 Å². The molecule has 0 aliphatic heterocycles. The lowest BCUT2D eigenvalue weighted by Gasteiger charge is -2.13. The molecule has 0 spiro atoms. The minimum Gasteiger partial charge on any atom is -0.452 e. The predicted octanol–water partition coefficient (Wildman–Crippen LogP) is 2.77. The zero-order valence-corrected chi connectivity index (χ0v) is 16.9. The van der Waals surface area contributed by atoms with Crippen LogP contribution in [-0.2, 0) is 9.53 Å². The van der Waals surface area contributed by atoms with Crippen molar-refractivity contribution in [1.82, 2.24) is 14.9 Å². The van der Waals surface area contributed by atoms with Gasteiger partial charge in [-0.25, -0.2) is 9.78 Å². The zero-order valence-electron chi connectivity index (χ0n) is 16.9. The Balaban J connectivity index is 1.46. The molecule has 30 heavy (non-hydrogen) atoms. The number of nitrogens with zero attached hydrogens (tertiary/aromatic N) is 2. The number of hydrogen-bond acceptors (Lipinski definition) is 5. The molecule has 1 N–H and O–H groups in total. The Labute approximate surface area is 173 Å². The second kappa shape index (κ2) is 8.10. The first-order chi connectivity index (χ1) is 14.4. The minimum atomic E-state index is -0.587. The molecule has 3 aromatic rings. The highest BCUT2D eigenvalue weighted by Gasteiger charge is 2.29. The Morgan fingerprint density at radius 2 is 1.87 bits per heavy atom. The Morgan fingerprint density at radius 3 is 2.57 bits per heavy atom. The Bertz CT molecular complexity index is 1160. The lowest BCUT2D eigenvalue weighted by Crippen LogP contribution is -2.37. The number of aryl methyl sites for hydroxylation is 1. The summed E-state index contributed by atoms with van der Waals surface area (Å²) in [6.07, 6.45) is 2.26. The molecule has 1 aliphatic carbocycles. The summed E-state index contributed by atoms with van der Waals surface area (Å²) in [6.45, 7) is 3.41. The molecular weight excluding hydrogens is 382 g/mol. The molecule has 154 valence electrons. The number of para-hydroxylation sites is 1. The molecule has 7 heteroatoms. The molecule has 4 rings (SSSR count). The van der Waals surface area contributed by atoms with Crippen LogP contribution in [-0.4, -0.2) is 34.1 Å². The quantitative estimate of drug-likeness (QED) is 0.637. The largest absolute Gasteiger partial charge is 0.452 e. The number of amides is 1. The van der Waals surface area contributed by atoms with E-state index in [9.17, 15) is 14.4 Å². The first-order valence-electron chi connectivity index (χ1n) is 9.99. The van der Waals surface area contributed by atoms with Gasteiger partial charge in [-0.2, -0.15) is 0 Å². The molecule has 7 nitrogen and oxygen atoms in total. The highest BCUT2D eigenvalue weighted by atomic mass is 16.5. The van der Waals surface area contributed by atoms with Gasteiger partial charge in [-0.3, -0.25) is 14.2 Å². The highest BCUT2D eigenvalue weighted by molar-refractivity contribution is 5.91. The second-order valence-electron chi connectivity index (χ2n) is 7.63. The van der Waals surface area contributed by atoms with Gasteiger partial charge in [0, 0.05) is 6.04 Å². The lowest BCUT2D eigenvalue weighted by molar-refractivity contribution is -0.124. The van der Waals surface area contributed by atoms with Gasteiger partial charge in [-0.1, -0.05) is 12.1 Å². The Hall–Kier alpha value is -3.48. The third kappa shape index (κ3) is 4.10. The van der Waals surface area contributed by atoms with Gasteiger partial charge in [-0.05, 0) is 69.0 Å². The second-order valence-corrected chi connectivity index (χ2v) is 7.63. The van der Waals surface area contributed by atoms with Gasteiger partial charge in [0.05, 0.1) is 22.2 Å². The van der Waals surface area contributed by atoms with E-state index in [1.165, 1.54) is 4.57 Å². The van der Waals surface area contributed by atoms with Gasteiger partial charge in [-0.15, -0.1) is 0 Å². The number of ether oxygens (including phenoxy) is 1. The topological polar surface area (TPSA) is 90.3 Å². The molecule has 1 aromatic heterocycles. The number of carbonyl (C=O) groups is 2. The summed E-state index contributed by atoms with van der Waals surface area (Å²) < 4.78 is 6.61. The average Bonchev–Trinajstić information content (AvgIpc) is 3.58. The van der Waals surface area contributed by atoms with Gasteiger partial charge >= 0.3 is 5.97 Å². The van der Waals surface area contributed by atoms with E-state index in [0.29, 0.717) is 33.9 Å². The highest BCUT2D eigenvalue weighted by Crippen LogP contribution is 2.32. The number of aromatic nitrogens is 2. The van der Waals surface area contributed by atoms with Crippen molar-refractivity contribution in [2.75, 3.05) is 6.61 Å². The van der Waals surface area contributed by atoms with Crippen molar-refractivity contribution < 1.29 is 14.3 Å². The summed E-state index contributed by atoms with van der Waals surface area (Å²) >= 11 is 0. The molecule has 1 saturated carbocycles. The lowest BCUT2D eigenvalue weighted by atomic mass is 10.2. The van der Waals surface area contributed by atoms with Crippen LogP contribution in [0.2, 0.25) is 0 Å². The molecule has 0 saturated heterocycles. The van der Waals surface area contributed by atoms with E-state index in [4.69, 9.17) is 4.74 Å². The van der Waals surface area contributed by atoms with Crippen LogP contribution in [0.4, 0.5) is 0 Å². The summed E-state index contributed by atoms with van der Waals surface area (Å²) in [4.78, 5) is 41.5. The third-order valence-electron chi connectivity index (χ3n) is 5.36. The van der Waals surface area contributed by atoms with E-state index in [-0.39, 0.29) is 24.1 Å². The fourth-order valence-corrected chi connectivity index (χ4v) is 3.52. The fraction of sp³-hybridized carbons (Fsp3) is 0.304. The summed E-state index contributed by atoms with van der Waals surface area (Å²) in [5.41, 5.74) is 1.38. The standard InChI is InChI=1S/C23H23N3O4/c1-14(16-7-8-16)24-21(27)13-30-23(29)17-9-11-18(12-10-17)26-15(2)25-20-6-4-3-5-19(20)22(26)28/h3-6,9-12,14,16H,7-8,13H2,1-2H3,(H,24,27)/t14-/m0/s1. The van der Waals surface area contributed by atoms with Crippen LogP contribution in [0, 0.1) is 12.8 Å². The van der Waals surface area contributed by atoms with Crippen LogP contribution in [0.5, 0.6) is 0 Å². The molecule has 0 bridgehead atoms. The first kappa shape index (κ1) is 19.8. The molecular formula is C23H23N3O4. The number of carbonyl (C=O) groups excluding carboxylic acids is 2. The molecule has 0 radical (unpaired) electrons. The van der Waals surface area contributed by atoms with Gasteiger partial charge < -0.3 is 10.1 Å². The molecule has 1 atom stereocenters. The van der Waals surface area contributed by atoms with Crippen molar-refractivity contribution in [2.24, 2.45) is 5.92 Å². The summed E-state index contributed by atoms with van der Waals surface area (Å²) in [5.74, 6) is 0.199. The normalized spacial score (nSPS) is 14.3. The number of hydrogen-bond donors (Lipinski definition) is 1. The maximum Gasteiger partial charge on any atom is 0.338 e. The van der Waals surface area contributed by atoms with Crippen molar-refractivity contribution in [3.63, 3.8) is 0 Å². The number of esters is 1. The maximum absolute atomic E-state index is 12.9. The van der Waals surface area contributed by atoms with Crippen molar-refractivity contribution in [3.05, 3.63) is 70.3 Å². The molecule has 1 heterocycles. The first-order valence-corrected chi connectivity index (χ1v) is 9.99. The van der Waals surface area contributed by atoms with E-state index in [2.05, 4.69) is 10.3 Å². The SMILES string of the molecule is Cc1nc2ccccc2c(=O)n1-c1ccc(C(=O)OCC(=O)N[C@@H](C)C2CC2)cc1. The zero-order chi connectivity index (χ0) is 21.3. The molecule has 2 aromatic carbocycles. The van der Waals surface area contributed by atoms with Crippen molar-refractivity contribution in [2.45, 2.75) is 32.7 Å². The van der Waals surface area contributed by atoms with Gasteiger partial charge in [0.2, 0.25) is 0 Å². The predicted molar refractivity (Wildman–Crippen MR) is 113 cm³/mol. The fourth-order valence-electron chi connectivity index (χ4n) is 3.52. The summed E-state index contributed by atoms with van der Waals surface area (Å²) in [5, 5.41) is 3.37. The van der Waals surface area contributed by atoms with Crippen LogP contribution in [0.3, 0.4) is 0 Å². The number of nitrogens with one attached hydrogen (secondary N) is 1.